The summed E-state index contributed by atoms with van der Waals surface area (Å²) in [7, 11) is 0. The van der Waals surface area contributed by atoms with Crippen LogP contribution in [0.25, 0.3) is 0 Å². The van der Waals surface area contributed by atoms with Crippen molar-refractivity contribution in [3.05, 3.63) is 35.9 Å². The Morgan fingerprint density at radius 3 is 2.67 bits per heavy atom. The van der Waals surface area contributed by atoms with Crippen LogP contribution in [0.15, 0.2) is 35.3 Å². The van der Waals surface area contributed by atoms with Gasteiger partial charge >= 0.3 is 0 Å². The normalized spacial score (nSPS) is 19.2. The summed E-state index contributed by atoms with van der Waals surface area (Å²) in [5.74, 6) is -1.56. The maximum Gasteiger partial charge on any atom is 0.242 e. The lowest BCUT2D eigenvalue weighted by molar-refractivity contribution is -0.129. The summed E-state index contributed by atoms with van der Waals surface area (Å²) < 4.78 is 0. The van der Waals surface area contributed by atoms with Crippen molar-refractivity contribution < 1.29 is 9.59 Å². The van der Waals surface area contributed by atoms with Gasteiger partial charge in [-0.15, -0.1) is 0 Å². The largest absolute Gasteiger partial charge is 0.300 e. The number of alkyl halides is 1. The lowest BCUT2D eigenvalue weighted by Crippen LogP contribution is -2.47. The van der Waals surface area contributed by atoms with E-state index in [1.165, 1.54) is 0 Å². The van der Waals surface area contributed by atoms with E-state index in [2.05, 4.69) is 26.2 Å². The first kappa shape index (κ1) is 13.0. The highest BCUT2D eigenvalue weighted by Gasteiger charge is 2.35. The Balaban J connectivity index is 2.49. The molecule has 1 aromatic rings. The van der Waals surface area contributed by atoms with Crippen LogP contribution < -0.4 is 5.32 Å². The fourth-order valence-electron chi connectivity index (χ4n) is 1.72. The van der Waals surface area contributed by atoms with E-state index >= 15 is 0 Å². The number of hydrogen-bond acceptors (Lipinski definition) is 3. The van der Waals surface area contributed by atoms with Gasteiger partial charge < -0.3 is 5.32 Å². The molecule has 2 rings (SSSR count). The zero-order valence-electron chi connectivity index (χ0n) is 9.22. The second-order valence-electron chi connectivity index (χ2n) is 3.69. The number of rotatable bonds is 3. The Bertz CT molecular complexity index is 542. The molecular weight excluding hydrogens is 316 g/mol. The molecule has 0 aromatic heterocycles. The van der Waals surface area contributed by atoms with Crippen molar-refractivity contribution in [2.75, 3.05) is 5.33 Å². The molecule has 1 aliphatic rings. The number of benzene rings is 1. The molecule has 1 amide bonds. The third kappa shape index (κ3) is 2.54. The third-order valence-electron chi connectivity index (χ3n) is 2.51. The summed E-state index contributed by atoms with van der Waals surface area (Å²) in [6, 6.07) is 9.10. The molecule has 6 heteroatoms. The summed E-state index contributed by atoms with van der Waals surface area (Å²) in [6.07, 6.45) is 0. The van der Waals surface area contributed by atoms with E-state index in [9.17, 15) is 9.59 Å². The fourth-order valence-corrected chi connectivity index (χ4v) is 2.24. The van der Waals surface area contributed by atoms with Gasteiger partial charge in [-0.2, -0.15) is 0 Å². The van der Waals surface area contributed by atoms with Crippen molar-refractivity contribution in [2.45, 2.75) is 0 Å². The van der Waals surface area contributed by atoms with Gasteiger partial charge in [-0.3, -0.25) is 9.59 Å². The van der Waals surface area contributed by atoms with Crippen LogP contribution in [0.4, 0.5) is 0 Å². The number of carbonyl (C=O) groups is 2. The smallest absolute Gasteiger partial charge is 0.242 e. The van der Waals surface area contributed by atoms with Gasteiger partial charge in [-0.1, -0.05) is 46.3 Å². The second-order valence-corrected chi connectivity index (χ2v) is 4.64. The first-order valence-corrected chi connectivity index (χ1v) is 6.74. The summed E-state index contributed by atoms with van der Waals surface area (Å²) in [6.45, 7) is 0. The standard InChI is InChI=1S/C12H9BrN2O2S/c13-6-8(16)9-10(7-4-2-1-3-5-7)14-12(18)15-11(9)17/h1-5,9H,6H2,(H,15,17,18). The average Bonchev–Trinajstić information content (AvgIpc) is 2.38. The quantitative estimate of drug-likeness (QED) is 0.520. The van der Waals surface area contributed by atoms with Gasteiger partial charge in [0, 0.05) is 0 Å². The first-order valence-electron chi connectivity index (χ1n) is 5.21. The number of nitrogens with zero attached hydrogens (tertiary/aromatic N) is 1. The van der Waals surface area contributed by atoms with Crippen LogP contribution in [-0.2, 0) is 9.59 Å². The molecule has 18 heavy (non-hydrogen) atoms. The molecule has 0 aliphatic carbocycles. The summed E-state index contributed by atoms with van der Waals surface area (Å²) in [5, 5.41) is 2.60. The van der Waals surface area contributed by atoms with Crippen LogP contribution in [0.5, 0.6) is 0 Å². The zero-order chi connectivity index (χ0) is 13.1. The molecule has 0 fully saturated rings. The molecule has 1 unspecified atom stereocenters. The first-order chi connectivity index (χ1) is 8.63. The molecule has 1 N–H and O–H groups in total. The zero-order valence-corrected chi connectivity index (χ0v) is 11.6. The highest BCUT2D eigenvalue weighted by atomic mass is 79.9. The molecule has 92 valence electrons. The van der Waals surface area contributed by atoms with Crippen LogP contribution in [0.3, 0.4) is 0 Å². The van der Waals surface area contributed by atoms with Crippen molar-refractivity contribution in [3.8, 4) is 0 Å². The molecule has 1 aromatic carbocycles. The number of hydrogen-bond donors (Lipinski definition) is 1. The number of aliphatic imine (C=N–C) groups is 1. The molecule has 1 heterocycles. The highest BCUT2D eigenvalue weighted by molar-refractivity contribution is 9.09. The minimum absolute atomic E-state index is 0.0949. The van der Waals surface area contributed by atoms with Gasteiger partial charge in [0.25, 0.3) is 0 Å². The highest BCUT2D eigenvalue weighted by Crippen LogP contribution is 2.16. The Morgan fingerprint density at radius 1 is 1.39 bits per heavy atom. The summed E-state index contributed by atoms with van der Waals surface area (Å²) >= 11 is 7.97. The Hall–Kier alpha value is -1.40. The van der Waals surface area contributed by atoms with Gasteiger partial charge in [0.05, 0.1) is 11.0 Å². The minimum Gasteiger partial charge on any atom is -0.300 e. The predicted octanol–water partition coefficient (Wildman–Crippen LogP) is 1.47. The van der Waals surface area contributed by atoms with Crippen molar-refractivity contribution in [2.24, 2.45) is 10.9 Å². The molecule has 0 saturated heterocycles. The van der Waals surface area contributed by atoms with E-state index in [0.29, 0.717) is 5.71 Å². The molecule has 0 radical (unpaired) electrons. The van der Waals surface area contributed by atoms with E-state index < -0.39 is 11.8 Å². The van der Waals surface area contributed by atoms with E-state index in [4.69, 9.17) is 12.2 Å². The van der Waals surface area contributed by atoms with Crippen molar-refractivity contribution in [1.82, 2.24) is 5.32 Å². The maximum atomic E-state index is 11.9. The molecule has 0 bridgehead atoms. The topological polar surface area (TPSA) is 58.5 Å². The predicted molar refractivity (Wildman–Crippen MR) is 76.0 cm³/mol. The number of nitrogens with one attached hydrogen (secondary N) is 1. The molecule has 1 aliphatic heterocycles. The maximum absolute atomic E-state index is 11.9. The number of halogens is 1. The van der Waals surface area contributed by atoms with Crippen molar-refractivity contribution >= 4 is 50.7 Å². The Labute approximate surface area is 118 Å². The lowest BCUT2D eigenvalue weighted by atomic mass is 9.91. The van der Waals surface area contributed by atoms with Gasteiger partial charge in [-0.25, -0.2) is 4.99 Å². The van der Waals surface area contributed by atoms with Crippen molar-refractivity contribution in [1.29, 1.82) is 0 Å². The van der Waals surface area contributed by atoms with Gasteiger partial charge in [0.15, 0.2) is 10.9 Å². The van der Waals surface area contributed by atoms with Crippen LogP contribution >= 0.6 is 28.1 Å². The number of thiocarbonyl (C=S) groups is 1. The lowest BCUT2D eigenvalue weighted by Gasteiger charge is -2.21. The fraction of sp³-hybridized carbons (Fsp3) is 0.167. The number of carbonyl (C=O) groups excluding carboxylic acids is 2. The minimum atomic E-state index is -0.904. The average molecular weight is 325 g/mol. The van der Waals surface area contributed by atoms with E-state index in [1.807, 2.05) is 18.2 Å². The van der Waals surface area contributed by atoms with Crippen LogP contribution in [0.2, 0.25) is 0 Å². The number of Topliss-reactive ketones (excluding diaryl/α,β-unsaturated/α-hetero) is 1. The van der Waals surface area contributed by atoms with Crippen molar-refractivity contribution in [3.63, 3.8) is 0 Å². The van der Waals surface area contributed by atoms with E-state index in [1.54, 1.807) is 12.1 Å². The Morgan fingerprint density at radius 2 is 2.06 bits per heavy atom. The summed E-state index contributed by atoms with van der Waals surface area (Å²) in [5.41, 5.74) is 1.14. The van der Waals surface area contributed by atoms with Crippen LogP contribution in [0.1, 0.15) is 5.56 Å². The van der Waals surface area contributed by atoms with Gasteiger partial charge in [0.2, 0.25) is 5.91 Å². The van der Waals surface area contributed by atoms with Crippen LogP contribution in [0, 0.1) is 5.92 Å². The van der Waals surface area contributed by atoms with Crippen LogP contribution in [-0.4, -0.2) is 27.8 Å². The van der Waals surface area contributed by atoms with E-state index in [-0.39, 0.29) is 16.2 Å². The molecular formula is C12H9BrN2O2S. The second kappa shape index (κ2) is 5.49. The van der Waals surface area contributed by atoms with Gasteiger partial charge in [-0.05, 0) is 17.8 Å². The molecule has 4 nitrogen and oxygen atoms in total. The monoisotopic (exact) mass is 324 g/mol. The third-order valence-corrected chi connectivity index (χ3v) is 3.26. The number of ketones is 1. The molecule has 0 saturated carbocycles. The van der Waals surface area contributed by atoms with E-state index in [0.717, 1.165) is 5.56 Å². The summed E-state index contributed by atoms with van der Waals surface area (Å²) in [4.78, 5) is 27.8. The van der Waals surface area contributed by atoms with Gasteiger partial charge in [0.1, 0.15) is 5.92 Å². The SMILES string of the molecule is O=C(CBr)C1C(=O)NC(=S)N=C1c1ccccc1. The number of amides is 1. The molecule has 1 atom stereocenters. The Kier molecular flexibility index (Phi) is 3.98. The molecule has 0 spiro atoms.